The highest BCUT2D eigenvalue weighted by atomic mass is 79.9. The first kappa shape index (κ1) is 32.2. The first-order chi connectivity index (χ1) is 20.6. The van der Waals surface area contributed by atoms with Gasteiger partial charge in [-0.25, -0.2) is 18.7 Å². The van der Waals surface area contributed by atoms with E-state index in [1.54, 1.807) is 0 Å². The predicted octanol–water partition coefficient (Wildman–Crippen LogP) is 9.41. The first-order valence-electron chi connectivity index (χ1n) is 14.7. The van der Waals surface area contributed by atoms with Gasteiger partial charge in [-0.05, 0) is 103 Å². The van der Waals surface area contributed by atoms with E-state index in [1.807, 2.05) is 77.9 Å². The molecule has 0 saturated heterocycles. The summed E-state index contributed by atoms with van der Waals surface area (Å²) >= 11 is 6.98. The summed E-state index contributed by atoms with van der Waals surface area (Å²) in [7, 11) is 0. The molecule has 0 bridgehead atoms. The van der Waals surface area contributed by atoms with Crippen LogP contribution in [0.2, 0.25) is 0 Å². The number of aryl methyl sites for hydroxylation is 2. The quantitative estimate of drug-likeness (QED) is 0.179. The van der Waals surface area contributed by atoms with Gasteiger partial charge in [0.05, 0.1) is 22.4 Å². The lowest BCUT2D eigenvalue weighted by Crippen LogP contribution is -2.29. The van der Waals surface area contributed by atoms with E-state index in [1.165, 1.54) is 9.13 Å². The fourth-order valence-electron chi connectivity index (χ4n) is 5.86. The number of ether oxygens (including phenoxy) is 2. The highest BCUT2D eigenvalue weighted by Crippen LogP contribution is 2.37. The van der Waals surface area contributed by atoms with E-state index in [2.05, 4.69) is 31.9 Å². The highest BCUT2D eigenvalue weighted by molar-refractivity contribution is 9.11. The molecule has 0 atom stereocenters. The van der Waals surface area contributed by atoms with Crippen molar-refractivity contribution in [3.8, 4) is 0 Å². The Bertz CT molecular complexity index is 1800. The normalized spacial score (nSPS) is 15.0. The molecule has 2 heterocycles. The third kappa shape index (κ3) is 6.29. The van der Waals surface area contributed by atoms with Crippen LogP contribution in [0.4, 0.5) is 9.59 Å². The summed E-state index contributed by atoms with van der Waals surface area (Å²) in [6.45, 7) is 10.9. The Labute approximate surface area is 273 Å². The molecule has 4 aromatic rings. The van der Waals surface area contributed by atoms with Gasteiger partial charge in [-0.1, -0.05) is 44.0 Å². The summed E-state index contributed by atoms with van der Waals surface area (Å²) in [5, 5.41) is 1.90. The molecule has 0 aliphatic heterocycles. The number of hydrogen-bond donors (Lipinski definition) is 0. The Morgan fingerprint density at radius 3 is 1.80 bits per heavy atom. The molecule has 8 nitrogen and oxygen atoms in total. The van der Waals surface area contributed by atoms with E-state index in [9.17, 15) is 19.2 Å². The van der Waals surface area contributed by atoms with Crippen LogP contribution in [-0.4, -0.2) is 44.1 Å². The Morgan fingerprint density at radius 2 is 1.23 bits per heavy atom. The number of hydrogen-bond acceptors (Lipinski definition) is 6. The molecule has 2 aromatic carbocycles. The average molecular weight is 728 g/mol. The summed E-state index contributed by atoms with van der Waals surface area (Å²) in [6.07, 6.45) is 3.23. The predicted molar refractivity (Wildman–Crippen MR) is 177 cm³/mol. The first-order valence-corrected chi connectivity index (χ1v) is 16.3. The summed E-state index contributed by atoms with van der Waals surface area (Å²) in [5.41, 5.74) is 3.13. The molecule has 0 unspecified atom stereocenters. The van der Waals surface area contributed by atoms with Crippen molar-refractivity contribution < 1.29 is 28.7 Å². The maximum Gasteiger partial charge on any atom is 0.419 e. The average Bonchev–Trinajstić information content (AvgIpc) is 3.42. The SMILES string of the molecule is CC(C)(C)OC(=O)n1c2c(c3c(Br)cccc31)CCCC2=O.CC(C)(C)OC(=O)n1c2c(c3ccc(Br)cc31)CCCC2=O. The molecule has 0 spiro atoms. The van der Waals surface area contributed by atoms with Crippen molar-refractivity contribution in [1.29, 1.82) is 0 Å². The van der Waals surface area contributed by atoms with Gasteiger partial charge in [-0.2, -0.15) is 0 Å². The van der Waals surface area contributed by atoms with Crippen molar-refractivity contribution in [2.45, 2.75) is 91.3 Å². The van der Waals surface area contributed by atoms with E-state index >= 15 is 0 Å². The smallest absolute Gasteiger partial charge is 0.419 e. The van der Waals surface area contributed by atoms with Crippen LogP contribution < -0.4 is 0 Å². The van der Waals surface area contributed by atoms with E-state index in [0.717, 1.165) is 67.6 Å². The summed E-state index contributed by atoms with van der Waals surface area (Å²) in [6, 6.07) is 11.4. The van der Waals surface area contributed by atoms with Gasteiger partial charge in [-0.3, -0.25) is 9.59 Å². The Kier molecular flexibility index (Phi) is 8.72. The van der Waals surface area contributed by atoms with Gasteiger partial charge in [-0.15, -0.1) is 0 Å². The van der Waals surface area contributed by atoms with Crippen LogP contribution in [0.15, 0.2) is 45.3 Å². The molecular weight excluding hydrogens is 692 g/mol. The number of nitrogens with zero attached hydrogens (tertiary/aromatic N) is 2. The number of ketones is 2. The minimum Gasteiger partial charge on any atom is -0.443 e. The summed E-state index contributed by atoms with van der Waals surface area (Å²) < 4.78 is 15.7. The number of carbonyl (C=O) groups excluding carboxylic acids is 4. The van der Waals surface area contributed by atoms with Crippen molar-refractivity contribution in [2.75, 3.05) is 0 Å². The Morgan fingerprint density at radius 1 is 0.705 bits per heavy atom. The minimum atomic E-state index is -0.607. The second-order valence-electron chi connectivity index (χ2n) is 13.1. The lowest BCUT2D eigenvalue weighted by Gasteiger charge is -2.21. The lowest BCUT2D eigenvalue weighted by molar-refractivity contribution is 0.0525. The van der Waals surface area contributed by atoms with Gasteiger partial charge in [0.25, 0.3) is 0 Å². The van der Waals surface area contributed by atoms with Crippen molar-refractivity contribution in [3.63, 3.8) is 0 Å². The largest absolute Gasteiger partial charge is 0.443 e. The van der Waals surface area contributed by atoms with Crippen LogP contribution in [0, 0.1) is 0 Å². The van der Waals surface area contributed by atoms with Crippen molar-refractivity contribution in [3.05, 3.63) is 67.9 Å². The second-order valence-corrected chi connectivity index (χ2v) is 14.9. The number of rotatable bonds is 0. The monoisotopic (exact) mass is 726 g/mol. The van der Waals surface area contributed by atoms with Crippen molar-refractivity contribution in [1.82, 2.24) is 9.13 Å². The third-order valence-electron chi connectivity index (χ3n) is 7.42. The number of aromatic nitrogens is 2. The fraction of sp³-hybridized carbons (Fsp3) is 0.412. The number of halogens is 2. The van der Waals surface area contributed by atoms with Crippen LogP contribution in [0.1, 0.15) is 99.3 Å². The summed E-state index contributed by atoms with van der Waals surface area (Å²) in [5.74, 6) is 0.0228. The van der Waals surface area contributed by atoms with Crippen LogP contribution in [-0.2, 0) is 22.3 Å². The third-order valence-corrected chi connectivity index (χ3v) is 8.57. The standard InChI is InChI=1S/2C17H18BrNO3/c1-17(2,3)22-16(21)19-12-8-5-7-11(18)14(12)10-6-4-9-13(20)15(10)19;1-17(2,3)22-16(21)19-13-9-10(18)7-8-11(13)12-5-4-6-14(20)15(12)19/h5,7-8H,4,6,9H2,1-3H3;7-9H,4-6H2,1-3H3. The van der Waals surface area contributed by atoms with Crippen molar-refractivity contribution >= 4 is 77.4 Å². The minimum absolute atomic E-state index is 0.00945. The topological polar surface area (TPSA) is 96.6 Å². The zero-order valence-electron chi connectivity index (χ0n) is 25.8. The molecule has 2 aliphatic rings. The molecule has 0 fully saturated rings. The molecule has 232 valence electrons. The molecule has 2 aliphatic carbocycles. The van der Waals surface area contributed by atoms with Crippen LogP contribution >= 0.6 is 31.9 Å². The maximum absolute atomic E-state index is 12.6. The molecule has 6 rings (SSSR count). The molecule has 10 heteroatoms. The number of fused-ring (bicyclic) bond motifs is 6. The maximum atomic E-state index is 12.6. The zero-order chi connectivity index (χ0) is 32.1. The van der Waals surface area contributed by atoms with Gasteiger partial charge in [0.15, 0.2) is 11.6 Å². The molecule has 0 saturated carbocycles. The molecule has 2 aromatic heterocycles. The molecule has 0 amide bonds. The zero-order valence-corrected chi connectivity index (χ0v) is 29.0. The highest BCUT2D eigenvalue weighted by Gasteiger charge is 2.33. The number of Topliss-reactive ketones (excluding diaryl/α,β-unsaturated/α-hetero) is 2. The lowest BCUT2D eigenvalue weighted by atomic mass is 9.94. The van der Waals surface area contributed by atoms with Crippen molar-refractivity contribution in [2.24, 2.45) is 0 Å². The second kappa shape index (κ2) is 11.9. The van der Waals surface area contributed by atoms with E-state index in [0.29, 0.717) is 24.2 Å². The summed E-state index contributed by atoms with van der Waals surface area (Å²) in [4.78, 5) is 50.1. The van der Waals surface area contributed by atoms with Gasteiger partial charge in [0, 0.05) is 32.6 Å². The van der Waals surface area contributed by atoms with E-state index in [4.69, 9.17) is 9.47 Å². The molecular formula is C34H36Br2N2O6. The van der Waals surface area contributed by atoms with Crippen LogP contribution in [0.3, 0.4) is 0 Å². The van der Waals surface area contributed by atoms with Crippen LogP contribution in [0.5, 0.6) is 0 Å². The molecule has 44 heavy (non-hydrogen) atoms. The van der Waals surface area contributed by atoms with Crippen LogP contribution in [0.25, 0.3) is 21.8 Å². The number of carbonyl (C=O) groups is 4. The molecule has 0 N–H and O–H groups in total. The van der Waals surface area contributed by atoms with E-state index < -0.39 is 23.4 Å². The number of benzene rings is 2. The van der Waals surface area contributed by atoms with Gasteiger partial charge < -0.3 is 9.47 Å². The molecule has 0 radical (unpaired) electrons. The fourth-order valence-corrected chi connectivity index (χ4v) is 6.81. The Balaban J connectivity index is 0.000000175. The van der Waals surface area contributed by atoms with E-state index in [-0.39, 0.29) is 11.6 Å². The van der Waals surface area contributed by atoms with Gasteiger partial charge in [0.2, 0.25) is 0 Å². The van der Waals surface area contributed by atoms with Gasteiger partial charge >= 0.3 is 12.2 Å². The Hall–Kier alpha value is -3.24. The van der Waals surface area contributed by atoms with Gasteiger partial charge in [0.1, 0.15) is 11.2 Å².